The number of hydrogen-bond donors (Lipinski definition) is 1. The molecule has 0 aliphatic carbocycles. The molecule has 0 radical (unpaired) electrons. The van der Waals surface area contributed by atoms with Crippen LogP contribution in [0.25, 0.3) is 0 Å². The molecule has 1 aromatic heterocycles. The van der Waals surface area contributed by atoms with Crippen LogP contribution in [-0.2, 0) is 0 Å². The molecule has 30 heavy (non-hydrogen) atoms. The maximum Gasteiger partial charge on any atom is 0.286 e. The fourth-order valence-corrected chi connectivity index (χ4v) is 4.64. The van der Waals surface area contributed by atoms with Crippen molar-refractivity contribution in [1.82, 2.24) is 15.1 Å². The molecule has 154 valence electrons. The minimum absolute atomic E-state index is 0.0428. The monoisotopic (exact) mass is 440 g/mol. The number of amides is 2. The highest BCUT2D eigenvalue weighted by atomic mass is 35.5. The van der Waals surface area contributed by atoms with Crippen LogP contribution in [-0.4, -0.2) is 40.0 Å². The molecular formula is C22H21ClN4O2S. The average Bonchev–Trinajstić information content (AvgIpc) is 3.24. The summed E-state index contributed by atoms with van der Waals surface area (Å²) in [6.45, 7) is 3.26. The third kappa shape index (κ3) is 4.52. The number of rotatable bonds is 4. The first-order chi connectivity index (χ1) is 14.5. The summed E-state index contributed by atoms with van der Waals surface area (Å²) in [7, 11) is 0. The molecule has 2 amide bonds. The number of piperidine rings is 1. The van der Waals surface area contributed by atoms with Gasteiger partial charge in [0.05, 0.1) is 0 Å². The van der Waals surface area contributed by atoms with E-state index in [1.807, 2.05) is 36.1 Å². The van der Waals surface area contributed by atoms with Crippen molar-refractivity contribution in [2.24, 2.45) is 0 Å². The summed E-state index contributed by atoms with van der Waals surface area (Å²) in [5.41, 5.74) is 2.31. The van der Waals surface area contributed by atoms with Gasteiger partial charge in [-0.25, -0.2) is 0 Å². The fraction of sp³-hybridized carbons (Fsp3) is 0.273. The number of likely N-dealkylation sites (tertiary alicyclic amines) is 1. The first-order valence-corrected chi connectivity index (χ1v) is 11.0. The Balaban J connectivity index is 1.44. The van der Waals surface area contributed by atoms with E-state index in [2.05, 4.69) is 15.5 Å². The Kier molecular flexibility index (Phi) is 6.11. The number of anilines is 1. The van der Waals surface area contributed by atoms with Gasteiger partial charge in [-0.15, -0.1) is 10.2 Å². The Morgan fingerprint density at radius 2 is 2.00 bits per heavy atom. The molecule has 1 saturated heterocycles. The molecule has 6 nitrogen and oxygen atoms in total. The zero-order valence-electron chi connectivity index (χ0n) is 16.5. The number of carbonyl (C=O) groups excluding carboxylic acids is 2. The first kappa shape index (κ1) is 20.5. The topological polar surface area (TPSA) is 75.2 Å². The van der Waals surface area contributed by atoms with Gasteiger partial charge in [0, 0.05) is 35.3 Å². The van der Waals surface area contributed by atoms with Gasteiger partial charge in [-0.05, 0) is 49.6 Å². The molecule has 1 atom stereocenters. The maximum absolute atomic E-state index is 13.0. The van der Waals surface area contributed by atoms with E-state index in [-0.39, 0.29) is 17.7 Å². The second-order valence-electron chi connectivity index (χ2n) is 7.32. The van der Waals surface area contributed by atoms with Crippen molar-refractivity contribution < 1.29 is 9.59 Å². The minimum Gasteiger partial charge on any atom is -0.338 e. The van der Waals surface area contributed by atoms with Gasteiger partial charge in [0.2, 0.25) is 5.01 Å². The largest absolute Gasteiger partial charge is 0.338 e. The van der Waals surface area contributed by atoms with Crippen molar-refractivity contribution in [2.75, 3.05) is 18.4 Å². The summed E-state index contributed by atoms with van der Waals surface area (Å²) >= 11 is 7.24. The highest BCUT2D eigenvalue weighted by Crippen LogP contribution is 2.30. The van der Waals surface area contributed by atoms with Crippen LogP contribution in [0.2, 0.25) is 5.02 Å². The number of carbonyl (C=O) groups is 2. The summed E-state index contributed by atoms with van der Waals surface area (Å²) in [6, 6.07) is 14.6. The molecule has 0 saturated carbocycles. The Hall–Kier alpha value is -2.77. The van der Waals surface area contributed by atoms with Gasteiger partial charge < -0.3 is 10.2 Å². The van der Waals surface area contributed by atoms with Crippen LogP contribution in [0.15, 0.2) is 48.5 Å². The van der Waals surface area contributed by atoms with Crippen LogP contribution in [0.5, 0.6) is 0 Å². The van der Waals surface area contributed by atoms with Crippen molar-refractivity contribution in [2.45, 2.75) is 25.7 Å². The fourth-order valence-electron chi connectivity index (χ4n) is 3.59. The molecule has 1 fully saturated rings. The predicted octanol–water partition coefficient (Wildman–Crippen LogP) is 4.77. The van der Waals surface area contributed by atoms with Crippen LogP contribution in [0.1, 0.15) is 49.5 Å². The van der Waals surface area contributed by atoms with Gasteiger partial charge in [-0.1, -0.05) is 47.2 Å². The third-order valence-corrected chi connectivity index (χ3v) is 6.47. The second kappa shape index (κ2) is 8.93. The summed E-state index contributed by atoms with van der Waals surface area (Å²) in [6.07, 6.45) is 1.81. The molecule has 2 aromatic carbocycles. The normalized spacial score (nSPS) is 16.3. The molecule has 3 aromatic rings. The highest BCUT2D eigenvalue weighted by molar-refractivity contribution is 7.13. The lowest BCUT2D eigenvalue weighted by Gasteiger charge is -2.32. The van der Waals surface area contributed by atoms with E-state index in [0.717, 1.165) is 35.5 Å². The molecule has 4 rings (SSSR count). The highest BCUT2D eigenvalue weighted by Gasteiger charge is 2.29. The van der Waals surface area contributed by atoms with Crippen LogP contribution in [0.3, 0.4) is 0 Å². The van der Waals surface area contributed by atoms with E-state index in [0.29, 0.717) is 22.3 Å². The molecule has 0 bridgehead atoms. The standard InChI is InChI=1S/C22H21ClN4O2S/c1-14-6-2-3-10-18(14)22(29)27-11-5-7-15(13-27)20-25-26-21(30-20)19(28)24-17-9-4-8-16(23)12-17/h2-4,6,8-10,12,15H,5,7,11,13H2,1H3,(H,24,28)/t15-/m1/s1. The van der Waals surface area contributed by atoms with E-state index in [1.54, 1.807) is 24.3 Å². The molecule has 2 heterocycles. The van der Waals surface area contributed by atoms with Crippen molar-refractivity contribution in [3.63, 3.8) is 0 Å². The lowest BCUT2D eigenvalue weighted by atomic mass is 9.97. The first-order valence-electron chi connectivity index (χ1n) is 9.76. The lowest BCUT2D eigenvalue weighted by Crippen LogP contribution is -2.39. The second-order valence-corrected chi connectivity index (χ2v) is 8.76. The van der Waals surface area contributed by atoms with Crippen LogP contribution < -0.4 is 5.32 Å². The van der Waals surface area contributed by atoms with Crippen LogP contribution in [0, 0.1) is 6.92 Å². The molecule has 0 unspecified atom stereocenters. The van der Waals surface area contributed by atoms with E-state index in [4.69, 9.17) is 11.6 Å². The van der Waals surface area contributed by atoms with Gasteiger partial charge in [-0.3, -0.25) is 9.59 Å². The molecule has 1 N–H and O–H groups in total. The lowest BCUT2D eigenvalue weighted by molar-refractivity contribution is 0.0706. The van der Waals surface area contributed by atoms with Gasteiger partial charge >= 0.3 is 0 Å². The molecular weight excluding hydrogens is 420 g/mol. The number of nitrogens with one attached hydrogen (secondary N) is 1. The molecule has 1 aliphatic rings. The van der Waals surface area contributed by atoms with Crippen LogP contribution >= 0.6 is 22.9 Å². The van der Waals surface area contributed by atoms with E-state index < -0.39 is 0 Å². The zero-order valence-corrected chi connectivity index (χ0v) is 18.0. The van der Waals surface area contributed by atoms with Gasteiger partial charge in [0.25, 0.3) is 11.8 Å². The summed E-state index contributed by atoms with van der Waals surface area (Å²) in [5, 5.41) is 12.7. The quantitative estimate of drug-likeness (QED) is 0.633. The average molecular weight is 441 g/mol. The minimum atomic E-state index is -0.315. The van der Waals surface area contributed by atoms with Crippen molar-refractivity contribution in [3.8, 4) is 0 Å². The third-order valence-electron chi connectivity index (χ3n) is 5.15. The number of hydrogen-bond acceptors (Lipinski definition) is 5. The number of aromatic nitrogens is 2. The zero-order chi connectivity index (χ0) is 21.1. The maximum atomic E-state index is 13.0. The number of halogens is 1. The van der Waals surface area contributed by atoms with Crippen molar-refractivity contribution in [1.29, 1.82) is 0 Å². The van der Waals surface area contributed by atoms with Crippen molar-refractivity contribution in [3.05, 3.63) is 74.7 Å². The smallest absolute Gasteiger partial charge is 0.286 e. The molecule has 1 aliphatic heterocycles. The molecule has 8 heteroatoms. The van der Waals surface area contributed by atoms with E-state index in [1.165, 1.54) is 11.3 Å². The Bertz CT molecular complexity index is 1080. The Labute approximate surface area is 183 Å². The Morgan fingerprint density at radius 1 is 1.17 bits per heavy atom. The van der Waals surface area contributed by atoms with Gasteiger partial charge in [-0.2, -0.15) is 0 Å². The SMILES string of the molecule is Cc1ccccc1C(=O)N1CCC[C@@H](c2nnc(C(=O)Nc3cccc(Cl)c3)s2)C1. The van der Waals surface area contributed by atoms with Crippen molar-refractivity contribution >= 4 is 40.4 Å². The number of nitrogens with zero attached hydrogens (tertiary/aromatic N) is 3. The number of benzene rings is 2. The number of aryl methyl sites for hydroxylation is 1. The van der Waals surface area contributed by atoms with E-state index >= 15 is 0 Å². The predicted molar refractivity (Wildman–Crippen MR) is 118 cm³/mol. The Morgan fingerprint density at radius 3 is 2.80 bits per heavy atom. The van der Waals surface area contributed by atoms with Gasteiger partial charge in [0.1, 0.15) is 5.01 Å². The van der Waals surface area contributed by atoms with Gasteiger partial charge in [0.15, 0.2) is 0 Å². The summed E-state index contributed by atoms with van der Waals surface area (Å²) in [4.78, 5) is 27.3. The summed E-state index contributed by atoms with van der Waals surface area (Å²) < 4.78 is 0. The van der Waals surface area contributed by atoms with E-state index in [9.17, 15) is 9.59 Å². The molecule has 0 spiro atoms. The van der Waals surface area contributed by atoms with Crippen LogP contribution in [0.4, 0.5) is 5.69 Å². The summed E-state index contributed by atoms with van der Waals surface area (Å²) in [5.74, 6) is -0.192.